The van der Waals surface area contributed by atoms with E-state index < -0.39 is 0 Å². The predicted octanol–water partition coefficient (Wildman–Crippen LogP) is 2.95. The third-order valence-electron chi connectivity index (χ3n) is 3.55. The summed E-state index contributed by atoms with van der Waals surface area (Å²) < 4.78 is 13.6. The maximum Gasteiger partial charge on any atom is 0.126 e. The maximum absolute atomic E-state index is 13.6. The van der Waals surface area contributed by atoms with Crippen LogP contribution in [0.1, 0.15) is 18.1 Å². The van der Waals surface area contributed by atoms with Crippen LogP contribution in [0.25, 0.3) is 0 Å². The molecular formula is C18H22FNO. The van der Waals surface area contributed by atoms with Crippen molar-refractivity contribution in [2.45, 2.75) is 31.8 Å². The molecule has 0 aromatic heterocycles. The van der Waals surface area contributed by atoms with Crippen molar-refractivity contribution >= 4 is 0 Å². The molecule has 0 fully saturated rings. The van der Waals surface area contributed by atoms with E-state index >= 15 is 0 Å². The quantitative estimate of drug-likeness (QED) is 0.820. The van der Waals surface area contributed by atoms with Crippen LogP contribution in [-0.2, 0) is 12.8 Å². The first-order valence-corrected chi connectivity index (χ1v) is 7.33. The van der Waals surface area contributed by atoms with E-state index in [1.807, 2.05) is 43.3 Å². The SMILES string of the molecule is CC(Cc1ccccc1F)N[C@H](CO)Cc1ccccc1. The smallest absolute Gasteiger partial charge is 0.126 e. The number of benzene rings is 2. The number of rotatable bonds is 7. The molecule has 0 spiro atoms. The summed E-state index contributed by atoms with van der Waals surface area (Å²) in [7, 11) is 0. The second kappa shape index (κ2) is 7.91. The molecule has 2 N–H and O–H groups in total. The predicted molar refractivity (Wildman–Crippen MR) is 83.7 cm³/mol. The molecular weight excluding hydrogens is 265 g/mol. The van der Waals surface area contributed by atoms with Crippen LogP contribution >= 0.6 is 0 Å². The number of hydrogen-bond acceptors (Lipinski definition) is 2. The average Bonchev–Trinajstić information content (AvgIpc) is 2.50. The number of hydrogen-bond donors (Lipinski definition) is 2. The van der Waals surface area contributed by atoms with Gasteiger partial charge in [-0.05, 0) is 37.0 Å². The molecule has 0 bridgehead atoms. The van der Waals surface area contributed by atoms with E-state index in [9.17, 15) is 9.50 Å². The average molecular weight is 287 g/mol. The van der Waals surface area contributed by atoms with Crippen LogP contribution in [0, 0.1) is 5.82 Å². The zero-order valence-corrected chi connectivity index (χ0v) is 12.3. The highest BCUT2D eigenvalue weighted by molar-refractivity contribution is 5.19. The van der Waals surface area contributed by atoms with Gasteiger partial charge in [0.05, 0.1) is 6.61 Å². The molecule has 0 saturated carbocycles. The largest absolute Gasteiger partial charge is 0.395 e. The Balaban J connectivity index is 1.91. The fourth-order valence-corrected chi connectivity index (χ4v) is 2.53. The normalized spacial score (nSPS) is 13.9. The van der Waals surface area contributed by atoms with Crippen molar-refractivity contribution in [2.24, 2.45) is 0 Å². The van der Waals surface area contributed by atoms with Gasteiger partial charge < -0.3 is 10.4 Å². The molecule has 0 aliphatic rings. The van der Waals surface area contributed by atoms with Crippen LogP contribution in [0.15, 0.2) is 54.6 Å². The molecule has 2 nitrogen and oxygen atoms in total. The lowest BCUT2D eigenvalue weighted by molar-refractivity contribution is 0.232. The van der Waals surface area contributed by atoms with Gasteiger partial charge >= 0.3 is 0 Å². The Bertz CT molecular complexity index is 544. The summed E-state index contributed by atoms with van der Waals surface area (Å²) in [6.45, 7) is 2.08. The zero-order chi connectivity index (χ0) is 15.1. The zero-order valence-electron chi connectivity index (χ0n) is 12.3. The Morgan fingerprint density at radius 2 is 1.67 bits per heavy atom. The van der Waals surface area contributed by atoms with Gasteiger partial charge in [0.2, 0.25) is 0 Å². The van der Waals surface area contributed by atoms with Crippen molar-refractivity contribution in [3.63, 3.8) is 0 Å². The summed E-state index contributed by atoms with van der Waals surface area (Å²) in [5, 5.41) is 12.9. The van der Waals surface area contributed by atoms with E-state index in [-0.39, 0.29) is 24.5 Å². The highest BCUT2D eigenvalue weighted by atomic mass is 19.1. The van der Waals surface area contributed by atoms with Gasteiger partial charge in [-0.25, -0.2) is 4.39 Å². The summed E-state index contributed by atoms with van der Waals surface area (Å²) in [6.07, 6.45) is 1.37. The van der Waals surface area contributed by atoms with Gasteiger partial charge in [0.15, 0.2) is 0 Å². The van der Waals surface area contributed by atoms with E-state index in [1.54, 1.807) is 12.1 Å². The number of nitrogens with one attached hydrogen (secondary N) is 1. The van der Waals surface area contributed by atoms with Crippen molar-refractivity contribution in [1.29, 1.82) is 0 Å². The maximum atomic E-state index is 13.6. The van der Waals surface area contributed by atoms with Crippen molar-refractivity contribution in [3.8, 4) is 0 Å². The fourth-order valence-electron chi connectivity index (χ4n) is 2.53. The third-order valence-corrected chi connectivity index (χ3v) is 3.55. The van der Waals surface area contributed by atoms with Crippen LogP contribution in [0.2, 0.25) is 0 Å². The van der Waals surface area contributed by atoms with Gasteiger partial charge in [0.25, 0.3) is 0 Å². The van der Waals surface area contributed by atoms with Crippen molar-refractivity contribution in [1.82, 2.24) is 5.32 Å². The lowest BCUT2D eigenvalue weighted by Crippen LogP contribution is -2.41. The Morgan fingerprint density at radius 3 is 2.33 bits per heavy atom. The Kier molecular flexibility index (Phi) is 5.90. The molecule has 1 unspecified atom stereocenters. The highest BCUT2D eigenvalue weighted by Gasteiger charge is 2.13. The van der Waals surface area contributed by atoms with Crippen LogP contribution in [-0.4, -0.2) is 23.8 Å². The molecule has 2 atom stereocenters. The molecule has 2 aromatic carbocycles. The summed E-state index contributed by atoms with van der Waals surface area (Å²) in [5.74, 6) is -0.172. The second-order valence-corrected chi connectivity index (χ2v) is 5.43. The standard InChI is InChI=1S/C18H22FNO/c1-14(11-16-9-5-6-10-18(16)19)20-17(13-21)12-15-7-3-2-4-8-15/h2-10,14,17,20-21H,11-13H2,1H3/t14?,17-/m0/s1. The van der Waals surface area contributed by atoms with Crippen LogP contribution < -0.4 is 5.32 Å². The van der Waals surface area contributed by atoms with Gasteiger partial charge in [-0.15, -0.1) is 0 Å². The minimum absolute atomic E-state index is 0.0193. The Hall–Kier alpha value is -1.71. The minimum Gasteiger partial charge on any atom is -0.395 e. The minimum atomic E-state index is -0.172. The van der Waals surface area contributed by atoms with Crippen molar-refractivity contribution in [2.75, 3.05) is 6.61 Å². The van der Waals surface area contributed by atoms with Crippen LogP contribution in [0.5, 0.6) is 0 Å². The molecule has 0 aliphatic heterocycles. The third kappa shape index (κ3) is 4.96. The van der Waals surface area contributed by atoms with Gasteiger partial charge in [-0.2, -0.15) is 0 Å². The second-order valence-electron chi connectivity index (χ2n) is 5.43. The van der Waals surface area contributed by atoms with E-state index in [0.29, 0.717) is 12.0 Å². The number of halogens is 1. The fraction of sp³-hybridized carbons (Fsp3) is 0.333. The molecule has 0 saturated heterocycles. The number of aliphatic hydroxyl groups excluding tert-OH is 1. The Morgan fingerprint density at radius 1 is 1.00 bits per heavy atom. The molecule has 0 radical (unpaired) electrons. The van der Waals surface area contributed by atoms with Gasteiger partial charge in [0, 0.05) is 12.1 Å². The first-order valence-electron chi connectivity index (χ1n) is 7.33. The summed E-state index contributed by atoms with van der Waals surface area (Å²) in [6, 6.07) is 17.0. The van der Waals surface area contributed by atoms with E-state index in [1.165, 1.54) is 11.6 Å². The molecule has 0 aliphatic carbocycles. The monoisotopic (exact) mass is 287 g/mol. The van der Waals surface area contributed by atoms with E-state index in [4.69, 9.17) is 0 Å². The van der Waals surface area contributed by atoms with E-state index in [0.717, 1.165) is 6.42 Å². The topological polar surface area (TPSA) is 32.3 Å². The number of aliphatic hydroxyl groups is 1. The van der Waals surface area contributed by atoms with Gasteiger partial charge in [-0.3, -0.25) is 0 Å². The Labute approximate surface area is 125 Å². The van der Waals surface area contributed by atoms with Crippen molar-refractivity contribution < 1.29 is 9.50 Å². The summed E-state index contributed by atoms with van der Waals surface area (Å²) in [4.78, 5) is 0. The molecule has 2 rings (SSSR count). The first-order chi connectivity index (χ1) is 10.2. The van der Waals surface area contributed by atoms with Gasteiger partial charge in [-0.1, -0.05) is 48.5 Å². The summed E-state index contributed by atoms with van der Waals surface area (Å²) in [5.41, 5.74) is 1.89. The molecule has 3 heteroatoms. The summed E-state index contributed by atoms with van der Waals surface area (Å²) >= 11 is 0. The van der Waals surface area contributed by atoms with Crippen molar-refractivity contribution in [3.05, 3.63) is 71.5 Å². The molecule has 0 amide bonds. The molecule has 0 heterocycles. The molecule has 112 valence electrons. The molecule has 2 aromatic rings. The van der Waals surface area contributed by atoms with Crippen LogP contribution in [0.4, 0.5) is 4.39 Å². The van der Waals surface area contributed by atoms with E-state index in [2.05, 4.69) is 5.32 Å². The van der Waals surface area contributed by atoms with Gasteiger partial charge in [0.1, 0.15) is 5.82 Å². The molecule has 21 heavy (non-hydrogen) atoms. The first kappa shape index (κ1) is 15.7. The highest BCUT2D eigenvalue weighted by Crippen LogP contribution is 2.10. The lowest BCUT2D eigenvalue weighted by Gasteiger charge is -2.22. The lowest BCUT2D eigenvalue weighted by atomic mass is 10.0. The van der Waals surface area contributed by atoms with Crippen LogP contribution in [0.3, 0.4) is 0 Å².